The van der Waals surface area contributed by atoms with Crippen LogP contribution in [0.1, 0.15) is 11.1 Å². The number of benzene rings is 6. The van der Waals surface area contributed by atoms with E-state index in [1.807, 2.05) is 71.3 Å². The molecule has 206 valence electrons. The number of para-hydroxylation sites is 1. The van der Waals surface area contributed by atoms with Gasteiger partial charge < -0.3 is 4.57 Å². The molecule has 0 amide bonds. The monoisotopic (exact) mass is 567 g/mol. The van der Waals surface area contributed by atoms with Crippen LogP contribution in [0.2, 0.25) is 0 Å². The summed E-state index contributed by atoms with van der Waals surface area (Å²) in [5.41, 5.74) is 1.75. The second-order valence-corrected chi connectivity index (χ2v) is 10.7. The zero-order valence-corrected chi connectivity index (χ0v) is 21.7. The Morgan fingerprint density at radius 1 is 0.405 bits per heavy atom. The third kappa shape index (κ3) is 3.00. The SMILES string of the molecule is FC1(F)c2c(c3ccc(-n4c5ccccc5c5cc(-c6ccccc6)ccc54)cc3c3ccccc23)C(F)(F)C1(F)F. The number of rotatable bonds is 2. The van der Waals surface area contributed by atoms with Crippen LogP contribution in [-0.4, -0.2) is 10.5 Å². The molecule has 0 bridgehead atoms. The Morgan fingerprint density at radius 2 is 0.976 bits per heavy atom. The van der Waals surface area contributed by atoms with E-state index in [0.717, 1.165) is 32.9 Å². The van der Waals surface area contributed by atoms with Gasteiger partial charge in [-0.2, -0.15) is 26.3 Å². The first kappa shape index (κ1) is 25.0. The Bertz CT molecular complexity index is 2230. The second-order valence-electron chi connectivity index (χ2n) is 10.7. The van der Waals surface area contributed by atoms with Crippen molar-refractivity contribution < 1.29 is 26.3 Å². The second kappa shape index (κ2) is 8.16. The molecule has 0 aliphatic heterocycles. The number of nitrogens with zero attached hydrogens (tertiary/aromatic N) is 1. The van der Waals surface area contributed by atoms with Crippen molar-refractivity contribution in [2.24, 2.45) is 0 Å². The first-order valence-corrected chi connectivity index (χ1v) is 13.3. The Balaban J connectivity index is 1.45. The Hall–Kier alpha value is -4.78. The highest BCUT2D eigenvalue weighted by molar-refractivity contribution is 6.14. The van der Waals surface area contributed by atoms with Gasteiger partial charge in [-0.25, -0.2) is 0 Å². The zero-order chi connectivity index (χ0) is 29.0. The van der Waals surface area contributed by atoms with E-state index in [1.165, 1.54) is 30.3 Å². The lowest BCUT2D eigenvalue weighted by Gasteiger charge is -2.23. The van der Waals surface area contributed by atoms with Crippen LogP contribution < -0.4 is 0 Å². The Kier molecular flexibility index (Phi) is 4.85. The first-order chi connectivity index (χ1) is 20.1. The molecule has 0 saturated carbocycles. The van der Waals surface area contributed by atoms with E-state index >= 15 is 17.6 Å². The first-order valence-electron chi connectivity index (χ1n) is 13.3. The summed E-state index contributed by atoms with van der Waals surface area (Å²) in [7, 11) is 0. The predicted molar refractivity (Wildman–Crippen MR) is 154 cm³/mol. The lowest BCUT2D eigenvalue weighted by atomic mass is 9.91. The average Bonchev–Trinajstić information content (AvgIpc) is 3.38. The fourth-order valence-electron chi connectivity index (χ4n) is 6.54. The molecule has 1 aromatic heterocycles. The van der Waals surface area contributed by atoms with Crippen LogP contribution in [0.15, 0.2) is 115 Å². The van der Waals surface area contributed by atoms with Gasteiger partial charge in [-0.05, 0) is 63.0 Å². The number of alkyl halides is 6. The summed E-state index contributed by atoms with van der Waals surface area (Å²) < 4.78 is 91.8. The molecule has 0 radical (unpaired) electrons. The molecule has 7 heteroatoms. The van der Waals surface area contributed by atoms with E-state index in [9.17, 15) is 8.78 Å². The minimum absolute atomic E-state index is 0.196. The minimum Gasteiger partial charge on any atom is -0.309 e. The van der Waals surface area contributed by atoms with E-state index < -0.39 is 28.9 Å². The van der Waals surface area contributed by atoms with Crippen LogP contribution in [0.4, 0.5) is 26.3 Å². The number of fused-ring (bicyclic) bond motifs is 9. The normalized spacial score (nSPS) is 16.9. The van der Waals surface area contributed by atoms with E-state index in [1.54, 1.807) is 12.1 Å². The summed E-state index contributed by atoms with van der Waals surface area (Å²) >= 11 is 0. The zero-order valence-electron chi connectivity index (χ0n) is 21.7. The van der Waals surface area contributed by atoms with Crippen molar-refractivity contribution in [3.63, 3.8) is 0 Å². The molecular formula is C35H19F6N. The number of aromatic nitrogens is 1. The van der Waals surface area contributed by atoms with Crippen LogP contribution in [-0.2, 0) is 11.8 Å². The quantitative estimate of drug-likeness (QED) is 0.145. The lowest BCUT2D eigenvalue weighted by Crippen LogP contribution is -2.43. The molecule has 1 aliphatic carbocycles. The number of hydrogen-bond donors (Lipinski definition) is 0. The van der Waals surface area contributed by atoms with Gasteiger partial charge in [0.15, 0.2) is 0 Å². The summed E-state index contributed by atoms with van der Waals surface area (Å²) in [6, 6.07) is 33.9. The molecule has 0 atom stereocenters. The van der Waals surface area contributed by atoms with Crippen LogP contribution in [0.3, 0.4) is 0 Å². The summed E-state index contributed by atoms with van der Waals surface area (Å²) in [6.07, 6.45) is 0. The molecule has 0 N–H and O–H groups in total. The van der Waals surface area contributed by atoms with Crippen molar-refractivity contribution >= 4 is 43.4 Å². The fourth-order valence-corrected chi connectivity index (χ4v) is 6.54. The summed E-state index contributed by atoms with van der Waals surface area (Å²) in [4.78, 5) is 0. The van der Waals surface area contributed by atoms with Crippen molar-refractivity contribution in [3.05, 3.63) is 126 Å². The maximum atomic E-state index is 15.2. The van der Waals surface area contributed by atoms with Gasteiger partial charge in [-0.1, -0.05) is 84.9 Å². The molecule has 1 heterocycles. The topological polar surface area (TPSA) is 4.93 Å². The minimum atomic E-state index is -5.57. The van der Waals surface area contributed by atoms with E-state index in [2.05, 4.69) is 6.07 Å². The van der Waals surface area contributed by atoms with Crippen LogP contribution in [0.5, 0.6) is 0 Å². The van der Waals surface area contributed by atoms with Crippen LogP contribution in [0.25, 0.3) is 60.2 Å². The van der Waals surface area contributed by atoms with Crippen molar-refractivity contribution in [1.29, 1.82) is 0 Å². The molecule has 1 nitrogen and oxygen atoms in total. The third-order valence-corrected chi connectivity index (χ3v) is 8.46. The maximum Gasteiger partial charge on any atom is 0.380 e. The number of hydrogen-bond acceptors (Lipinski definition) is 0. The van der Waals surface area contributed by atoms with Crippen molar-refractivity contribution in [3.8, 4) is 16.8 Å². The van der Waals surface area contributed by atoms with Crippen molar-refractivity contribution in [1.82, 2.24) is 4.57 Å². The van der Waals surface area contributed by atoms with Gasteiger partial charge in [0.25, 0.3) is 0 Å². The van der Waals surface area contributed by atoms with Crippen molar-refractivity contribution in [2.45, 2.75) is 17.8 Å². The molecule has 0 saturated heterocycles. The molecule has 0 spiro atoms. The summed E-state index contributed by atoms with van der Waals surface area (Å²) in [5, 5.41) is 1.71. The highest BCUT2D eigenvalue weighted by Crippen LogP contribution is 2.65. The van der Waals surface area contributed by atoms with Gasteiger partial charge >= 0.3 is 17.8 Å². The van der Waals surface area contributed by atoms with Gasteiger partial charge in [-0.15, -0.1) is 0 Å². The van der Waals surface area contributed by atoms with E-state index in [0.29, 0.717) is 5.69 Å². The Morgan fingerprint density at radius 3 is 1.69 bits per heavy atom. The molecule has 0 unspecified atom stereocenters. The van der Waals surface area contributed by atoms with Crippen LogP contribution in [0, 0.1) is 0 Å². The molecule has 6 aromatic carbocycles. The Labute approximate surface area is 235 Å². The molecule has 8 rings (SSSR count). The summed E-state index contributed by atoms with van der Waals surface area (Å²) in [6.45, 7) is 0. The predicted octanol–water partition coefficient (Wildman–Crippen LogP) is 10.6. The van der Waals surface area contributed by atoms with E-state index in [4.69, 9.17) is 0 Å². The largest absolute Gasteiger partial charge is 0.380 e. The molecule has 1 aliphatic rings. The standard InChI is InChI=1S/C35H19F6N/c36-33(37)31-25-12-5-4-10-23(25)27-19-22(15-16-26(27)32(31)34(38,39)35(33,40)41)42-29-13-7-6-11-24(29)28-18-21(14-17-30(28)42)20-8-2-1-3-9-20/h1-19H. The van der Waals surface area contributed by atoms with Gasteiger partial charge in [0.2, 0.25) is 0 Å². The van der Waals surface area contributed by atoms with Gasteiger partial charge in [-0.3, -0.25) is 0 Å². The van der Waals surface area contributed by atoms with Gasteiger partial charge in [0.1, 0.15) is 0 Å². The lowest BCUT2D eigenvalue weighted by molar-refractivity contribution is -0.301. The van der Waals surface area contributed by atoms with Crippen molar-refractivity contribution in [2.75, 3.05) is 0 Å². The highest BCUT2D eigenvalue weighted by atomic mass is 19.3. The average molecular weight is 568 g/mol. The molecule has 0 fully saturated rings. The number of halogens is 6. The van der Waals surface area contributed by atoms with Gasteiger partial charge in [0, 0.05) is 27.6 Å². The van der Waals surface area contributed by atoms with Crippen LogP contribution >= 0.6 is 0 Å². The highest BCUT2D eigenvalue weighted by Gasteiger charge is 2.79. The molecule has 7 aromatic rings. The maximum absolute atomic E-state index is 15.2. The third-order valence-electron chi connectivity index (χ3n) is 8.46. The smallest absolute Gasteiger partial charge is 0.309 e. The molecular weight excluding hydrogens is 548 g/mol. The molecule has 42 heavy (non-hydrogen) atoms. The fraction of sp³-hybridized carbons (Fsp3) is 0.0857. The summed E-state index contributed by atoms with van der Waals surface area (Å²) in [5.74, 6) is -15.7. The van der Waals surface area contributed by atoms with Gasteiger partial charge in [0.05, 0.1) is 11.0 Å². The van der Waals surface area contributed by atoms with E-state index in [-0.39, 0.29) is 21.5 Å².